The van der Waals surface area contributed by atoms with E-state index in [9.17, 15) is 23.0 Å². The normalized spacial score (nSPS) is 15.4. The third-order valence-electron chi connectivity index (χ3n) is 5.72. The summed E-state index contributed by atoms with van der Waals surface area (Å²) in [5, 5.41) is 5.55. The van der Waals surface area contributed by atoms with Crippen LogP contribution in [0.5, 0.6) is 0 Å². The average Bonchev–Trinajstić information content (AvgIpc) is 3.28. The van der Waals surface area contributed by atoms with Crippen LogP contribution in [-0.2, 0) is 25.2 Å². The maximum Gasteiger partial charge on any atom is 0.243 e. The molecule has 182 valence electrons. The molecule has 9 heteroatoms. The van der Waals surface area contributed by atoms with Crippen molar-refractivity contribution in [3.63, 3.8) is 0 Å². The minimum Gasteiger partial charge on any atom is -0.352 e. The predicted molar refractivity (Wildman–Crippen MR) is 131 cm³/mol. The first-order valence-corrected chi connectivity index (χ1v) is 12.8. The molecule has 0 aromatic heterocycles. The number of anilines is 2. The zero-order valence-electron chi connectivity index (χ0n) is 19.4. The fourth-order valence-electron chi connectivity index (χ4n) is 4.01. The topological polar surface area (TPSA) is 95.6 Å². The summed E-state index contributed by atoms with van der Waals surface area (Å²) >= 11 is 0. The lowest BCUT2D eigenvalue weighted by Crippen LogP contribution is -2.51. The predicted octanol–water partition coefficient (Wildman–Crippen LogP) is 3.30. The molecule has 2 N–H and O–H groups in total. The van der Waals surface area contributed by atoms with Gasteiger partial charge in [-0.25, -0.2) is 4.39 Å². The fourth-order valence-corrected chi connectivity index (χ4v) is 4.89. The maximum absolute atomic E-state index is 13.2. The number of carbonyl (C=O) groups excluding carboxylic acids is 3. The molecule has 0 spiro atoms. The lowest BCUT2D eigenvalue weighted by Gasteiger charge is -2.29. The van der Waals surface area contributed by atoms with Gasteiger partial charge in [-0.2, -0.15) is 0 Å². The third-order valence-corrected chi connectivity index (χ3v) is 6.87. The number of aryl methyl sites for hydroxylation is 1. The van der Waals surface area contributed by atoms with Crippen molar-refractivity contribution in [1.82, 2.24) is 5.32 Å². The van der Waals surface area contributed by atoms with Crippen LogP contribution in [-0.4, -0.2) is 45.5 Å². The average molecular weight is 488 g/mol. The van der Waals surface area contributed by atoms with E-state index in [1.54, 1.807) is 25.1 Å². The second-order valence-corrected chi connectivity index (χ2v) is 10.0. The van der Waals surface area contributed by atoms with Gasteiger partial charge in [-0.1, -0.05) is 25.0 Å². The third kappa shape index (κ3) is 7.21. The van der Waals surface area contributed by atoms with Gasteiger partial charge in [0.2, 0.25) is 17.7 Å². The van der Waals surface area contributed by atoms with Crippen molar-refractivity contribution >= 4 is 39.9 Å². The van der Waals surface area contributed by atoms with Gasteiger partial charge in [0.25, 0.3) is 0 Å². The SMILES string of the molecule is Cc1cccc(N(C(=O)C[S@@](=O)CC(=O)Nc2ccc(F)cc2)[C@H](C)C(=O)NC2CCCC2)c1. The number of rotatable bonds is 9. The molecule has 1 saturated carbocycles. The van der Waals surface area contributed by atoms with Gasteiger partial charge in [0, 0.05) is 28.2 Å². The molecule has 1 aliphatic rings. The van der Waals surface area contributed by atoms with Crippen LogP contribution in [0.15, 0.2) is 48.5 Å². The lowest BCUT2D eigenvalue weighted by molar-refractivity contribution is -0.125. The van der Waals surface area contributed by atoms with E-state index in [0.29, 0.717) is 11.4 Å². The smallest absolute Gasteiger partial charge is 0.243 e. The molecule has 3 amide bonds. The Morgan fingerprint density at radius 3 is 2.41 bits per heavy atom. The number of hydrogen-bond acceptors (Lipinski definition) is 4. The Morgan fingerprint density at radius 1 is 1.09 bits per heavy atom. The minimum atomic E-state index is -1.80. The molecule has 0 unspecified atom stereocenters. The first-order valence-electron chi connectivity index (χ1n) is 11.3. The largest absolute Gasteiger partial charge is 0.352 e. The van der Waals surface area contributed by atoms with E-state index in [-0.39, 0.29) is 11.9 Å². The van der Waals surface area contributed by atoms with Crippen LogP contribution < -0.4 is 15.5 Å². The van der Waals surface area contributed by atoms with Crippen molar-refractivity contribution < 1.29 is 23.0 Å². The van der Waals surface area contributed by atoms with Gasteiger partial charge in [-0.15, -0.1) is 0 Å². The second kappa shape index (κ2) is 11.9. The van der Waals surface area contributed by atoms with Crippen LogP contribution in [0.1, 0.15) is 38.2 Å². The molecule has 7 nitrogen and oxygen atoms in total. The Morgan fingerprint density at radius 2 is 1.76 bits per heavy atom. The molecule has 2 aromatic rings. The van der Waals surface area contributed by atoms with E-state index >= 15 is 0 Å². The molecular weight excluding hydrogens is 457 g/mol. The molecule has 0 heterocycles. The van der Waals surface area contributed by atoms with Gasteiger partial charge < -0.3 is 10.6 Å². The Bertz CT molecular complexity index is 1050. The minimum absolute atomic E-state index is 0.105. The van der Waals surface area contributed by atoms with Crippen LogP contribution in [0.25, 0.3) is 0 Å². The first kappa shape index (κ1) is 25.6. The highest BCUT2D eigenvalue weighted by atomic mass is 32.2. The van der Waals surface area contributed by atoms with Crippen LogP contribution in [0.2, 0.25) is 0 Å². The molecule has 2 atom stereocenters. The zero-order valence-corrected chi connectivity index (χ0v) is 20.2. The highest BCUT2D eigenvalue weighted by Gasteiger charge is 2.30. The number of carbonyl (C=O) groups is 3. The summed E-state index contributed by atoms with van der Waals surface area (Å²) in [5.74, 6) is -2.56. The van der Waals surface area contributed by atoms with Crippen molar-refractivity contribution in [2.24, 2.45) is 0 Å². The number of nitrogens with one attached hydrogen (secondary N) is 2. The van der Waals surface area contributed by atoms with Gasteiger partial charge in [0.1, 0.15) is 23.4 Å². The van der Waals surface area contributed by atoms with Gasteiger partial charge in [0.05, 0.1) is 0 Å². The summed E-state index contributed by atoms with van der Waals surface area (Å²) in [6.45, 7) is 3.53. The van der Waals surface area contributed by atoms with E-state index in [1.807, 2.05) is 13.0 Å². The van der Waals surface area contributed by atoms with Crippen LogP contribution in [0.4, 0.5) is 15.8 Å². The van der Waals surface area contributed by atoms with Crippen molar-refractivity contribution in [3.05, 3.63) is 59.9 Å². The van der Waals surface area contributed by atoms with Crippen LogP contribution in [0, 0.1) is 12.7 Å². The summed E-state index contributed by atoms with van der Waals surface area (Å²) in [4.78, 5) is 39.7. The highest BCUT2D eigenvalue weighted by molar-refractivity contribution is 7.86. The van der Waals surface area contributed by atoms with Gasteiger partial charge in [0.15, 0.2) is 0 Å². The maximum atomic E-state index is 13.2. The van der Waals surface area contributed by atoms with Crippen molar-refractivity contribution in [3.8, 4) is 0 Å². The highest BCUT2D eigenvalue weighted by Crippen LogP contribution is 2.22. The summed E-state index contributed by atoms with van der Waals surface area (Å²) in [7, 11) is -1.80. The molecule has 2 aromatic carbocycles. The molecule has 0 aliphatic heterocycles. The quantitative estimate of drug-likeness (QED) is 0.567. The molecule has 0 radical (unpaired) electrons. The van der Waals surface area contributed by atoms with Crippen molar-refractivity contribution in [2.45, 2.75) is 51.6 Å². The summed E-state index contributed by atoms with van der Waals surface area (Å²) in [5.41, 5.74) is 1.82. The van der Waals surface area contributed by atoms with E-state index in [1.165, 1.54) is 29.2 Å². The summed E-state index contributed by atoms with van der Waals surface area (Å²) in [6.07, 6.45) is 3.98. The molecular formula is C25H30FN3O4S. The molecule has 0 bridgehead atoms. The Labute approximate surface area is 201 Å². The molecule has 34 heavy (non-hydrogen) atoms. The standard InChI is InChI=1S/C25H30FN3O4S/c1-17-6-5-9-22(14-17)29(18(2)25(32)28-20-7-3-4-8-20)24(31)16-34(33)15-23(30)27-21-12-10-19(26)11-13-21/h5-6,9-14,18,20H,3-4,7-8,15-16H2,1-2H3,(H,27,30)(H,28,32)/t18-,34+/m1/s1. The Kier molecular flexibility index (Phi) is 8.92. The van der Waals surface area contributed by atoms with E-state index in [0.717, 1.165) is 31.2 Å². The molecule has 3 rings (SSSR count). The monoisotopic (exact) mass is 487 g/mol. The zero-order chi connectivity index (χ0) is 24.7. The second-order valence-electron chi connectivity index (χ2n) is 8.55. The van der Waals surface area contributed by atoms with Crippen molar-refractivity contribution in [2.75, 3.05) is 21.7 Å². The van der Waals surface area contributed by atoms with E-state index in [2.05, 4.69) is 10.6 Å². The molecule has 0 saturated heterocycles. The summed E-state index contributed by atoms with van der Waals surface area (Å²) < 4.78 is 25.6. The van der Waals surface area contributed by atoms with Gasteiger partial charge >= 0.3 is 0 Å². The number of hydrogen-bond donors (Lipinski definition) is 2. The van der Waals surface area contributed by atoms with Crippen LogP contribution in [0.3, 0.4) is 0 Å². The molecule has 1 fully saturated rings. The van der Waals surface area contributed by atoms with E-state index < -0.39 is 46.0 Å². The number of benzene rings is 2. The Balaban J connectivity index is 1.67. The first-order chi connectivity index (χ1) is 16.2. The fraction of sp³-hybridized carbons (Fsp3) is 0.400. The van der Waals surface area contributed by atoms with Gasteiger partial charge in [-0.05, 0) is 68.7 Å². The van der Waals surface area contributed by atoms with Crippen molar-refractivity contribution in [1.29, 1.82) is 0 Å². The lowest BCUT2D eigenvalue weighted by atomic mass is 10.1. The van der Waals surface area contributed by atoms with Gasteiger partial charge in [-0.3, -0.25) is 23.5 Å². The van der Waals surface area contributed by atoms with Crippen LogP contribution >= 0.6 is 0 Å². The summed E-state index contributed by atoms with van der Waals surface area (Å²) in [6, 6.07) is 11.7. The molecule has 1 aliphatic carbocycles. The van der Waals surface area contributed by atoms with E-state index in [4.69, 9.17) is 0 Å². The number of halogens is 1. The number of amides is 3. The Hall–Kier alpha value is -3.07. The number of nitrogens with zero attached hydrogens (tertiary/aromatic N) is 1.